The number of anilines is 1. The Morgan fingerprint density at radius 2 is 2.04 bits per heavy atom. The van der Waals surface area contributed by atoms with Crippen molar-refractivity contribution in [3.63, 3.8) is 0 Å². The molecule has 1 aliphatic heterocycles. The van der Waals surface area contributed by atoms with E-state index in [0.717, 1.165) is 31.9 Å². The summed E-state index contributed by atoms with van der Waals surface area (Å²) in [6.07, 6.45) is -1.72. The van der Waals surface area contributed by atoms with E-state index < -0.39 is 23.6 Å². The number of nitrogens with one attached hydrogen (secondary N) is 2. The third-order valence-corrected chi connectivity index (χ3v) is 4.13. The topological polar surface area (TPSA) is 64.6 Å². The van der Waals surface area contributed by atoms with Crippen molar-refractivity contribution < 1.29 is 27.5 Å². The van der Waals surface area contributed by atoms with Crippen molar-refractivity contribution in [2.45, 2.75) is 31.5 Å². The van der Waals surface area contributed by atoms with E-state index in [2.05, 4.69) is 15.5 Å². The number of nitrogens with zero attached hydrogens (tertiary/aromatic N) is 1. The van der Waals surface area contributed by atoms with Gasteiger partial charge in [0.2, 0.25) is 0 Å². The molecule has 9 heteroatoms. The number of aliphatic hydroxyl groups is 1. The fourth-order valence-corrected chi connectivity index (χ4v) is 2.87. The highest BCUT2D eigenvalue weighted by Gasteiger charge is 2.31. The first-order valence-corrected chi connectivity index (χ1v) is 8.07. The summed E-state index contributed by atoms with van der Waals surface area (Å²) in [5.41, 5.74) is -1.43. The van der Waals surface area contributed by atoms with Crippen molar-refractivity contribution in [1.29, 1.82) is 0 Å². The van der Waals surface area contributed by atoms with Crippen LogP contribution in [-0.4, -0.2) is 48.3 Å². The molecular formula is C16H21F4N3O2. The zero-order valence-electron chi connectivity index (χ0n) is 13.6. The van der Waals surface area contributed by atoms with E-state index in [4.69, 9.17) is 0 Å². The van der Waals surface area contributed by atoms with Crippen LogP contribution in [0.4, 0.5) is 28.0 Å². The summed E-state index contributed by atoms with van der Waals surface area (Å²) < 4.78 is 51.2. The minimum absolute atomic E-state index is 0.0513. The van der Waals surface area contributed by atoms with Crippen LogP contribution >= 0.6 is 0 Å². The summed E-state index contributed by atoms with van der Waals surface area (Å²) in [6, 6.07) is 1.22. The number of urea groups is 1. The molecule has 0 aromatic heterocycles. The average Bonchev–Trinajstić information content (AvgIpc) is 2.54. The van der Waals surface area contributed by atoms with E-state index in [0.29, 0.717) is 18.7 Å². The van der Waals surface area contributed by atoms with Crippen molar-refractivity contribution in [2.75, 3.05) is 31.6 Å². The Morgan fingerprint density at radius 1 is 1.28 bits per heavy atom. The third-order valence-electron chi connectivity index (χ3n) is 4.13. The number of carbonyl (C=O) groups excluding carboxylic acids is 1. The van der Waals surface area contributed by atoms with Crippen LogP contribution in [0.15, 0.2) is 18.2 Å². The zero-order valence-corrected chi connectivity index (χ0v) is 13.6. The second kappa shape index (κ2) is 8.48. The molecule has 140 valence electrons. The van der Waals surface area contributed by atoms with Crippen LogP contribution in [0.2, 0.25) is 0 Å². The Kier molecular flexibility index (Phi) is 6.60. The molecule has 0 aliphatic carbocycles. The van der Waals surface area contributed by atoms with Gasteiger partial charge >= 0.3 is 12.2 Å². The van der Waals surface area contributed by atoms with Gasteiger partial charge in [-0.15, -0.1) is 0 Å². The summed E-state index contributed by atoms with van der Waals surface area (Å²) in [7, 11) is 0. The second-order valence-corrected chi connectivity index (χ2v) is 5.98. The Bertz CT molecular complexity index is 595. The van der Waals surface area contributed by atoms with Gasteiger partial charge in [-0.05, 0) is 37.6 Å². The zero-order chi connectivity index (χ0) is 18.4. The van der Waals surface area contributed by atoms with Gasteiger partial charge < -0.3 is 15.7 Å². The van der Waals surface area contributed by atoms with Crippen LogP contribution < -0.4 is 10.6 Å². The summed E-state index contributed by atoms with van der Waals surface area (Å²) in [5.74, 6) is -1.08. The van der Waals surface area contributed by atoms with Crippen LogP contribution in [0.3, 0.4) is 0 Å². The number of alkyl halides is 3. The highest BCUT2D eigenvalue weighted by molar-refractivity contribution is 5.89. The quantitative estimate of drug-likeness (QED) is 0.705. The molecule has 25 heavy (non-hydrogen) atoms. The first-order valence-electron chi connectivity index (χ1n) is 8.07. The van der Waals surface area contributed by atoms with E-state index in [-0.39, 0.29) is 24.9 Å². The molecule has 2 rings (SSSR count). The van der Waals surface area contributed by atoms with Gasteiger partial charge in [0, 0.05) is 24.8 Å². The maximum absolute atomic E-state index is 13.3. The number of piperidine rings is 1. The Hall–Kier alpha value is -1.87. The Balaban J connectivity index is 1.85. The van der Waals surface area contributed by atoms with E-state index in [1.807, 2.05) is 0 Å². The van der Waals surface area contributed by atoms with Crippen molar-refractivity contribution >= 4 is 11.7 Å². The largest absolute Gasteiger partial charge is 0.416 e. The van der Waals surface area contributed by atoms with Crippen molar-refractivity contribution in [3.8, 4) is 0 Å². The van der Waals surface area contributed by atoms with Gasteiger partial charge in [0.25, 0.3) is 0 Å². The number of hydrogen-bond donors (Lipinski definition) is 3. The molecule has 3 N–H and O–H groups in total. The number of benzene rings is 1. The molecule has 0 unspecified atom stereocenters. The minimum Gasteiger partial charge on any atom is -0.395 e. The Morgan fingerprint density at radius 3 is 2.72 bits per heavy atom. The van der Waals surface area contributed by atoms with E-state index in [1.54, 1.807) is 0 Å². The molecule has 1 fully saturated rings. The summed E-state index contributed by atoms with van der Waals surface area (Å²) in [4.78, 5) is 13.8. The molecule has 0 saturated carbocycles. The molecule has 1 saturated heterocycles. The molecule has 1 aromatic rings. The van der Waals surface area contributed by atoms with Crippen molar-refractivity contribution in [1.82, 2.24) is 10.2 Å². The van der Waals surface area contributed by atoms with E-state index in [9.17, 15) is 27.5 Å². The van der Waals surface area contributed by atoms with E-state index >= 15 is 0 Å². The first-order chi connectivity index (χ1) is 11.8. The highest BCUT2D eigenvalue weighted by Crippen LogP contribution is 2.31. The van der Waals surface area contributed by atoms with Gasteiger partial charge in [0.1, 0.15) is 5.82 Å². The molecule has 0 bridgehead atoms. The number of rotatable bonds is 5. The standard InChI is InChI=1S/C16H21F4N3O2/c17-12-7-11(16(18,19)20)8-13(9-12)22-15(25)21-4-6-23-5-2-1-3-14(23)10-24/h7-9,14,24H,1-6,10H2,(H2,21,22,25)/t14-/m1/s1. The molecule has 0 radical (unpaired) electrons. The average molecular weight is 363 g/mol. The maximum atomic E-state index is 13.3. The van der Waals surface area contributed by atoms with Gasteiger partial charge in [0.15, 0.2) is 0 Å². The lowest BCUT2D eigenvalue weighted by atomic mass is 10.0. The number of carbonyl (C=O) groups is 1. The predicted molar refractivity (Wildman–Crippen MR) is 84.7 cm³/mol. The number of halogens is 4. The fourth-order valence-electron chi connectivity index (χ4n) is 2.87. The highest BCUT2D eigenvalue weighted by atomic mass is 19.4. The minimum atomic E-state index is -4.69. The molecule has 0 spiro atoms. The summed E-state index contributed by atoms with van der Waals surface area (Å²) in [5, 5.41) is 14.0. The van der Waals surface area contributed by atoms with Gasteiger partial charge in [-0.1, -0.05) is 6.42 Å². The second-order valence-electron chi connectivity index (χ2n) is 5.98. The van der Waals surface area contributed by atoms with Crippen LogP contribution in [0.1, 0.15) is 24.8 Å². The summed E-state index contributed by atoms with van der Waals surface area (Å²) >= 11 is 0. The number of aliphatic hydroxyl groups excluding tert-OH is 1. The smallest absolute Gasteiger partial charge is 0.395 e. The van der Waals surface area contributed by atoms with Crippen LogP contribution in [0.5, 0.6) is 0 Å². The lowest BCUT2D eigenvalue weighted by Crippen LogP contribution is -2.46. The molecule has 1 atom stereocenters. The molecule has 1 heterocycles. The van der Waals surface area contributed by atoms with Gasteiger partial charge in [-0.2, -0.15) is 13.2 Å². The monoisotopic (exact) mass is 363 g/mol. The fraction of sp³-hybridized carbons (Fsp3) is 0.562. The number of amides is 2. The van der Waals surface area contributed by atoms with Crippen LogP contribution in [-0.2, 0) is 6.18 Å². The molecular weight excluding hydrogens is 342 g/mol. The predicted octanol–water partition coefficient (Wildman–Crippen LogP) is 2.81. The normalized spacial score (nSPS) is 18.8. The van der Waals surface area contributed by atoms with Crippen LogP contribution in [0.25, 0.3) is 0 Å². The van der Waals surface area contributed by atoms with Gasteiger partial charge in [-0.3, -0.25) is 4.90 Å². The number of likely N-dealkylation sites (tertiary alicyclic amines) is 1. The van der Waals surface area contributed by atoms with E-state index in [1.165, 1.54) is 0 Å². The number of hydrogen-bond acceptors (Lipinski definition) is 3. The maximum Gasteiger partial charge on any atom is 0.416 e. The van der Waals surface area contributed by atoms with Crippen molar-refractivity contribution in [2.24, 2.45) is 0 Å². The summed E-state index contributed by atoms with van der Waals surface area (Å²) in [6.45, 7) is 1.67. The van der Waals surface area contributed by atoms with Crippen molar-refractivity contribution in [3.05, 3.63) is 29.6 Å². The molecule has 5 nitrogen and oxygen atoms in total. The lowest BCUT2D eigenvalue weighted by molar-refractivity contribution is -0.137. The molecule has 2 amide bonds. The third kappa shape index (κ3) is 5.86. The molecule has 1 aromatic carbocycles. The first kappa shape index (κ1) is 19.5. The van der Waals surface area contributed by atoms with Crippen LogP contribution in [0, 0.1) is 5.82 Å². The SMILES string of the molecule is O=C(NCCN1CCCC[C@@H]1CO)Nc1cc(F)cc(C(F)(F)F)c1. The van der Waals surface area contributed by atoms with Gasteiger partial charge in [-0.25, -0.2) is 9.18 Å². The lowest BCUT2D eigenvalue weighted by Gasteiger charge is -2.34. The Labute approximate surface area is 143 Å². The molecule has 1 aliphatic rings. The van der Waals surface area contributed by atoms with Gasteiger partial charge in [0.05, 0.1) is 12.2 Å².